The third-order valence-corrected chi connectivity index (χ3v) is 5.49. The van der Waals surface area contributed by atoms with Crippen LogP contribution in [0.2, 0.25) is 0 Å². The van der Waals surface area contributed by atoms with Crippen LogP contribution in [0, 0.1) is 0 Å². The van der Waals surface area contributed by atoms with E-state index < -0.39 is 5.60 Å². The Bertz CT molecular complexity index is 687. The molecule has 6 nitrogen and oxygen atoms in total. The number of carbonyl (C=O) groups is 2. The number of hydrogen-bond acceptors (Lipinski definition) is 5. The van der Waals surface area contributed by atoms with Crippen molar-refractivity contribution in [2.24, 2.45) is 0 Å². The molecule has 3 aliphatic heterocycles. The van der Waals surface area contributed by atoms with E-state index in [1.165, 1.54) is 0 Å². The number of amides is 1. The molecule has 2 fully saturated rings. The molecule has 0 aromatic heterocycles. The number of nitrogens with zero attached hydrogens (tertiary/aromatic N) is 1. The second-order valence-electron chi connectivity index (χ2n) is 7.07. The van der Waals surface area contributed by atoms with Crippen molar-refractivity contribution in [3.8, 4) is 11.5 Å². The smallest absolute Gasteiger partial charge is 0.251 e. The monoisotopic (exact) mass is 345 g/mol. The Morgan fingerprint density at radius 2 is 2.12 bits per heavy atom. The number of hydrogen-bond donors (Lipinski definition) is 0. The van der Waals surface area contributed by atoms with Gasteiger partial charge in [-0.25, -0.2) is 0 Å². The maximum atomic E-state index is 12.6. The zero-order valence-electron chi connectivity index (χ0n) is 14.5. The number of ether oxygens (including phenoxy) is 3. The standard InChI is InChI=1S/C19H23NO5/c1-23-13-4-5-14-15(21)12-19(25-17(14)11-13)6-8-20(9-7-19)18(22)16-3-2-10-24-16/h4-5,11,16H,2-3,6-10,12H2,1H3. The molecule has 0 saturated carbocycles. The minimum Gasteiger partial charge on any atom is -0.497 e. The molecule has 1 atom stereocenters. The Balaban J connectivity index is 1.47. The summed E-state index contributed by atoms with van der Waals surface area (Å²) in [5.74, 6) is 1.45. The molecule has 2 saturated heterocycles. The highest BCUT2D eigenvalue weighted by atomic mass is 16.5. The molecule has 1 spiro atoms. The van der Waals surface area contributed by atoms with E-state index >= 15 is 0 Å². The summed E-state index contributed by atoms with van der Waals surface area (Å²) in [5.41, 5.74) is 0.105. The maximum absolute atomic E-state index is 12.6. The number of piperidine rings is 1. The van der Waals surface area contributed by atoms with Gasteiger partial charge in [-0.2, -0.15) is 0 Å². The van der Waals surface area contributed by atoms with Crippen molar-refractivity contribution in [2.45, 2.75) is 43.8 Å². The van der Waals surface area contributed by atoms with Gasteiger partial charge < -0.3 is 19.1 Å². The fourth-order valence-electron chi connectivity index (χ4n) is 3.99. The van der Waals surface area contributed by atoms with E-state index in [4.69, 9.17) is 14.2 Å². The predicted octanol–water partition coefficient (Wildman–Crippen LogP) is 2.20. The predicted molar refractivity (Wildman–Crippen MR) is 90.1 cm³/mol. The topological polar surface area (TPSA) is 65.1 Å². The summed E-state index contributed by atoms with van der Waals surface area (Å²) in [6.07, 6.45) is 3.16. The van der Waals surface area contributed by atoms with Crippen LogP contribution in [0.15, 0.2) is 18.2 Å². The normalized spacial score (nSPS) is 24.8. The van der Waals surface area contributed by atoms with E-state index in [0.717, 1.165) is 12.8 Å². The average Bonchev–Trinajstić information content (AvgIpc) is 3.16. The lowest BCUT2D eigenvalue weighted by molar-refractivity contribution is -0.144. The third-order valence-electron chi connectivity index (χ3n) is 5.49. The fourth-order valence-corrected chi connectivity index (χ4v) is 3.99. The van der Waals surface area contributed by atoms with Crippen LogP contribution in [-0.2, 0) is 9.53 Å². The van der Waals surface area contributed by atoms with Crippen molar-refractivity contribution in [3.63, 3.8) is 0 Å². The second kappa shape index (κ2) is 6.33. The van der Waals surface area contributed by atoms with Crippen LogP contribution in [0.4, 0.5) is 0 Å². The molecule has 1 amide bonds. The summed E-state index contributed by atoms with van der Waals surface area (Å²) in [4.78, 5) is 26.9. The SMILES string of the molecule is COc1ccc2c(c1)OC1(CCN(C(=O)C3CCCO3)CC1)CC2=O. The van der Waals surface area contributed by atoms with Crippen LogP contribution >= 0.6 is 0 Å². The van der Waals surface area contributed by atoms with Crippen LogP contribution < -0.4 is 9.47 Å². The average molecular weight is 345 g/mol. The molecule has 0 bridgehead atoms. The highest BCUT2D eigenvalue weighted by Crippen LogP contribution is 2.41. The molecule has 0 aliphatic carbocycles. The first kappa shape index (κ1) is 16.4. The van der Waals surface area contributed by atoms with Crippen molar-refractivity contribution < 1.29 is 23.8 Å². The van der Waals surface area contributed by atoms with Crippen molar-refractivity contribution >= 4 is 11.7 Å². The van der Waals surface area contributed by atoms with Crippen LogP contribution in [0.3, 0.4) is 0 Å². The quantitative estimate of drug-likeness (QED) is 0.822. The number of fused-ring (bicyclic) bond motifs is 1. The van der Waals surface area contributed by atoms with E-state index in [1.807, 2.05) is 4.90 Å². The molecular formula is C19H23NO5. The third kappa shape index (κ3) is 2.99. The van der Waals surface area contributed by atoms with Gasteiger partial charge in [-0.05, 0) is 25.0 Å². The van der Waals surface area contributed by atoms with E-state index in [9.17, 15) is 9.59 Å². The molecule has 1 aromatic rings. The number of benzene rings is 1. The van der Waals surface area contributed by atoms with E-state index in [2.05, 4.69) is 0 Å². The molecule has 1 aromatic carbocycles. The zero-order valence-corrected chi connectivity index (χ0v) is 14.5. The van der Waals surface area contributed by atoms with Gasteiger partial charge >= 0.3 is 0 Å². The van der Waals surface area contributed by atoms with Crippen molar-refractivity contribution in [1.29, 1.82) is 0 Å². The van der Waals surface area contributed by atoms with Crippen LogP contribution in [0.5, 0.6) is 11.5 Å². The van der Waals surface area contributed by atoms with Crippen molar-refractivity contribution in [1.82, 2.24) is 4.90 Å². The summed E-state index contributed by atoms with van der Waals surface area (Å²) < 4.78 is 17.0. The second-order valence-corrected chi connectivity index (χ2v) is 7.07. The number of ketones is 1. The minimum absolute atomic E-state index is 0.0801. The molecule has 25 heavy (non-hydrogen) atoms. The van der Waals surface area contributed by atoms with Crippen LogP contribution in [0.1, 0.15) is 42.5 Å². The van der Waals surface area contributed by atoms with Gasteiger partial charge in [-0.1, -0.05) is 0 Å². The highest BCUT2D eigenvalue weighted by Gasteiger charge is 2.44. The van der Waals surface area contributed by atoms with Gasteiger partial charge in [0, 0.05) is 38.6 Å². The van der Waals surface area contributed by atoms with Gasteiger partial charge in [-0.3, -0.25) is 9.59 Å². The molecule has 134 valence electrons. The van der Waals surface area contributed by atoms with Gasteiger partial charge in [0.1, 0.15) is 23.2 Å². The van der Waals surface area contributed by atoms with Crippen LogP contribution in [-0.4, -0.2) is 55.1 Å². The first-order valence-electron chi connectivity index (χ1n) is 8.91. The van der Waals surface area contributed by atoms with Crippen LogP contribution in [0.25, 0.3) is 0 Å². The number of Topliss-reactive ketones (excluding diaryl/α,β-unsaturated/α-hetero) is 1. The molecule has 3 aliphatic rings. The Labute approximate surface area is 147 Å². The lowest BCUT2D eigenvalue weighted by Crippen LogP contribution is -2.53. The molecule has 4 rings (SSSR count). The van der Waals surface area contributed by atoms with Gasteiger partial charge in [0.15, 0.2) is 5.78 Å². The molecule has 0 N–H and O–H groups in total. The van der Waals surface area contributed by atoms with E-state index in [-0.39, 0.29) is 17.8 Å². The summed E-state index contributed by atoms with van der Waals surface area (Å²) in [6.45, 7) is 1.88. The first-order valence-corrected chi connectivity index (χ1v) is 8.91. The molecule has 6 heteroatoms. The Hall–Kier alpha value is -2.08. The molecule has 0 radical (unpaired) electrons. The van der Waals surface area contributed by atoms with Crippen molar-refractivity contribution in [3.05, 3.63) is 23.8 Å². The van der Waals surface area contributed by atoms with Crippen molar-refractivity contribution in [2.75, 3.05) is 26.8 Å². The molecule has 3 heterocycles. The van der Waals surface area contributed by atoms with E-state index in [0.29, 0.717) is 56.0 Å². The Kier molecular flexibility index (Phi) is 4.15. The summed E-state index contributed by atoms with van der Waals surface area (Å²) in [5, 5.41) is 0. The number of carbonyl (C=O) groups excluding carboxylic acids is 2. The molecular weight excluding hydrogens is 322 g/mol. The fraction of sp³-hybridized carbons (Fsp3) is 0.579. The molecule has 1 unspecified atom stereocenters. The maximum Gasteiger partial charge on any atom is 0.251 e. The Morgan fingerprint density at radius 1 is 1.32 bits per heavy atom. The lowest BCUT2D eigenvalue weighted by Gasteiger charge is -2.44. The number of likely N-dealkylation sites (tertiary alicyclic amines) is 1. The lowest BCUT2D eigenvalue weighted by atomic mass is 9.82. The minimum atomic E-state index is -0.510. The summed E-state index contributed by atoms with van der Waals surface area (Å²) in [7, 11) is 1.59. The highest BCUT2D eigenvalue weighted by molar-refractivity contribution is 6.00. The van der Waals surface area contributed by atoms with E-state index in [1.54, 1.807) is 25.3 Å². The Morgan fingerprint density at radius 3 is 2.80 bits per heavy atom. The summed E-state index contributed by atoms with van der Waals surface area (Å²) >= 11 is 0. The largest absolute Gasteiger partial charge is 0.497 e. The number of rotatable bonds is 2. The van der Waals surface area contributed by atoms with Gasteiger partial charge in [0.25, 0.3) is 5.91 Å². The van der Waals surface area contributed by atoms with Gasteiger partial charge in [0.2, 0.25) is 0 Å². The zero-order chi connectivity index (χ0) is 17.4. The first-order chi connectivity index (χ1) is 12.1. The number of methoxy groups -OCH3 is 1. The summed E-state index contributed by atoms with van der Waals surface area (Å²) in [6, 6.07) is 5.32. The van der Waals surface area contributed by atoms with Gasteiger partial charge in [0.05, 0.1) is 19.1 Å². The van der Waals surface area contributed by atoms with Gasteiger partial charge in [-0.15, -0.1) is 0 Å².